The molecule has 57 heavy (non-hydrogen) atoms. The number of thiophene rings is 1. The van der Waals surface area contributed by atoms with E-state index in [0.717, 1.165) is 63.5 Å². The minimum Gasteiger partial charge on any atom is -0.480 e. The van der Waals surface area contributed by atoms with E-state index >= 15 is 4.39 Å². The highest BCUT2D eigenvalue weighted by Gasteiger charge is 2.58. The first kappa shape index (κ1) is 40.1. The van der Waals surface area contributed by atoms with Crippen molar-refractivity contribution in [2.45, 2.75) is 118 Å². The fraction of sp³-hybridized carbons (Fsp3) is 0.561. The highest BCUT2D eigenvalue weighted by Crippen LogP contribution is 2.55. The molecule has 3 amide bonds. The predicted molar refractivity (Wildman–Crippen MR) is 213 cm³/mol. The van der Waals surface area contributed by atoms with Gasteiger partial charge in [-0.2, -0.15) is 0 Å². The van der Waals surface area contributed by atoms with Gasteiger partial charge in [-0.25, -0.2) is 9.48 Å². The number of likely N-dealkylation sites (N-methyl/N-ethyl adjacent to an activating group) is 1. The van der Waals surface area contributed by atoms with Crippen molar-refractivity contribution in [3.63, 3.8) is 0 Å². The van der Waals surface area contributed by atoms with Crippen LogP contribution < -0.4 is 10.4 Å². The van der Waals surface area contributed by atoms with Gasteiger partial charge in [-0.05, 0) is 106 Å². The zero-order valence-corrected chi connectivity index (χ0v) is 33.9. The van der Waals surface area contributed by atoms with Gasteiger partial charge >= 0.3 is 13.5 Å². The van der Waals surface area contributed by atoms with Crippen molar-refractivity contribution < 1.29 is 42.9 Å². The first-order valence-corrected chi connectivity index (χ1v) is 22.6. The van der Waals surface area contributed by atoms with Gasteiger partial charge in [0.2, 0.25) is 17.7 Å². The Kier molecular flexibility index (Phi) is 11.1. The van der Waals surface area contributed by atoms with Gasteiger partial charge < -0.3 is 34.8 Å². The van der Waals surface area contributed by atoms with Crippen LogP contribution in [-0.4, -0.2) is 117 Å². The maximum Gasteiger partial charge on any atom is 0.320 e. The number of nitrogens with one attached hydrogen (secondary N) is 2. The quantitative estimate of drug-likeness (QED) is 0.174. The van der Waals surface area contributed by atoms with E-state index in [9.17, 15) is 28.6 Å². The Hall–Kier alpha value is -3.72. The lowest BCUT2D eigenvalue weighted by Crippen LogP contribution is -2.59. The number of hydrogen-bond donors (Lipinski definition) is 4. The van der Waals surface area contributed by atoms with Crippen LogP contribution in [0.25, 0.3) is 10.1 Å². The van der Waals surface area contributed by atoms with Gasteiger partial charge in [-0.1, -0.05) is 36.4 Å². The number of benzene rings is 2. The van der Waals surface area contributed by atoms with E-state index in [1.165, 1.54) is 17.7 Å². The van der Waals surface area contributed by atoms with Crippen LogP contribution in [0.15, 0.2) is 54.6 Å². The summed E-state index contributed by atoms with van der Waals surface area (Å²) in [4.78, 5) is 71.4. The van der Waals surface area contributed by atoms with E-state index < -0.39 is 43.4 Å². The number of carbonyl (C=O) groups excluding carboxylic acids is 3. The van der Waals surface area contributed by atoms with E-state index in [1.54, 1.807) is 12.1 Å². The number of aliphatic carboxylic acids is 1. The molecule has 1 aliphatic carbocycles. The Bertz CT molecular complexity index is 2080. The van der Waals surface area contributed by atoms with Crippen LogP contribution in [0.5, 0.6) is 0 Å². The number of nitrogens with zero attached hydrogens (tertiary/aromatic N) is 3. The molecule has 0 bridgehead atoms. The van der Waals surface area contributed by atoms with Gasteiger partial charge in [-0.15, -0.1) is 11.3 Å². The van der Waals surface area contributed by atoms with Crippen molar-refractivity contribution in [3.8, 4) is 0 Å². The smallest absolute Gasteiger partial charge is 0.320 e. The molecule has 4 aliphatic heterocycles. The standard InChI is InChI=1S/C41H51FN5O8PS/c1-24(40(51)52)44-56(53,54)36(42)26-8-13-34-27(18-26)19-35(57-34)37(48)43-32-11-9-29(45(2)23-31-14-17-55-31)20-30-10-12-33(47(30)38(32)49)39(50)46-22-28(21-41(46)15-16-41)25-6-4-3-5-7-25/h3-8,13,18-19,24,28-33,36H,9-12,14-17,20-23H2,1-2H3,(H,43,48)(H,51,52)(H2,44,53,54)/t24-,28+,29-,30+,31+,32-,33-,36-/m0/s1. The number of carbonyl (C=O) groups is 4. The van der Waals surface area contributed by atoms with Crippen molar-refractivity contribution in [1.82, 2.24) is 25.1 Å². The Morgan fingerprint density at radius 3 is 2.53 bits per heavy atom. The number of carboxylic acids is 1. The molecule has 4 saturated heterocycles. The third-order valence-corrected chi connectivity index (χ3v) is 15.7. The third-order valence-electron chi connectivity index (χ3n) is 12.9. The molecular weight excluding hydrogens is 773 g/mol. The maximum absolute atomic E-state index is 15.3. The average molecular weight is 824 g/mol. The van der Waals surface area contributed by atoms with E-state index in [4.69, 9.17) is 9.84 Å². The summed E-state index contributed by atoms with van der Waals surface area (Å²) in [6.45, 7) is 3.30. The van der Waals surface area contributed by atoms with Crippen molar-refractivity contribution >= 4 is 52.6 Å². The van der Waals surface area contributed by atoms with Crippen LogP contribution in [0.2, 0.25) is 0 Å². The lowest BCUT2D eigenvalue weighted by molar-refractivity contribution is -0.148. The summed E-state index contributed by atoms with van der Waals surface area (Å²) in [5.74, 6) is -4.28. The monoisotopic (exact) mass is 823 g/mol. The fourth-order valence-electron chi connectivity index (χ4n) is 9.49. The normalized spacial score (nSPS) is 29.0. The number of rotatable bonds is 12. The van der Waals surface area contributed by atoms with Crippen LogP contribution in [0.4, 0.5) is 4.39 Å². The molecule has 4 N–H and O–H groups in total. The van der Waals surface area contributed by atoms with Crippen LogP contribution in [0.3, 0.4) is 0 Å². The molecule has 5 fully saturated rings. The van der Waals surface area contributed by atoms with Crippen molar-refractivity contribution in [2.75, 3.05) is 26.7 Å². The lowest BCUT2D eigenvalue weighted by atomic mass is 9.93. The Balaban J connectivity index is 1.02. The molecule has 3 aromatic rings. The minimum absolute atomic E-state index is 0.00623. The van der Waals surface area contributed by atoms with Gasteiger partial charge in [0.1, 0.15) is 18.1 Å². The molecule has 9 atom stereocenters. The molecule has 16 heteroatoms. The van der Waals surface area contributed by atoms with Gasteiger partial charge in [0, 0.05) is 47.9 Å². The van der Waals surface area contributed by atoms with Gasteiger partial charge in [0.25, 0.3) is 5.91 Å². The molecule has 1 unspecified atom stereocenters. The number of carboxylic acid groups (broad SMARTS) is 1. The largest absolute Gasteiger partial charge is 0.480 e. The Morgan fingerprint density at radius 2 is 1.84 bits per heavy atom. The molecule has 1 saturated carbocycles. The van der Waals surface area contributed by atoms with E-state index in [0.29, 0.717) is 42.3 Å². The molecule has 1 spiro atoms. The number of alkyl halides is 1. The molecule has 13 nitrogen and oxygen atoms in total. The third kappa shape index (κ3) is 8.03. The van der Waals surface area contributed by atoms with Crippen LogP contribution in [-0.2, 0) is 23.7 Å². The zero-order valence-electron chi connectivity index (χ0n) is 32.2. The lowest BCUT2D eigenvalue weighted by Gasteiger charge is -2.42. The number of halogens is 1. The highest BCUT2D eigenvalue weighted by atomic mass is 32.1. The minimum atomic E-state index is -4.77. The van der Waals surface area contributed by atoms with E-state index in [1.807, 2.05) is 28.2 Å². The number of likely N-dealkylation sites (tertiary alicyclic amines) is 1. The summed E-state index contributed by atoms with van der Waals surface area (Å²) >= 11 is 1.15. The molecule has 8 rings (SSSR count). The van der Waals surface area contributed by atoms with Crippen LogP contribution >= 0.6 is 18.9 Å². The van der Waals surface area contributed by atoms with Gasteiger partial charge in [0.05, 0.1) is 11.0 Å². The summed E-state index contributed by atoms with van der Waals surface area (Å²) in [5.41, 5.74) is 0.927. The maximum atomic E-state index is 15.3. The molecular formula is C41H51FN5O8PS. The second-order valence-electron chi connectivity index (χ2n) is 16.7. The Labute approximate surface area is 335 Å². The number of hydrogen-bond acceptors (Lipinski definition) is 8. The topological polar surface area (TPSA) is 169 Å². The number of fused-ring (bicyclic) bond motifs is 2. The van der Waals surface area contributed by atoms with Gasteiger partial charge in [-0.3, -0.25) is 23.7 Å². The highest BCUT2D eigenvalue weighted by molar-refractivity contribution is 7.56. The fourth-order valence-corrected chi connectivity index (χ4v) is 11.8. The average Bonchev–Trinajstić information content (AvgIpc) is 3.46. The molecule has 1 aromatic heterocycles. The van der Waals surface area contributed by atoms with Gasteiger partial charge in [0.15, 0.2) is 0 Å². The second-order valence-corrected chi connectivity index (χ2v) is 19.8. The molecule has 0 radical (unpaired) electrons. The molecule has 2 aromatic carbocycles. The predicted octanol–water partition coefficient (Wildman–Crippen LogP) is 5.40. The van der Waals surface area contributed by atoms with Crippen molar-refractivity contribution in [1.29, 1.82) is 0 Å². The molecule has 5 heterocycles. The van der Waals surface area contributed by atoms with Crippen LogP contribution in [0.1, 0.15) is 97.3 Å². The number of ether oxygens (including phenoxy) is 1. The zero-order chi connectivity index (χ0) is 40.2. The summed E-state index contributed by atoms with van der Waals surface area (Å²) in [5, 5.41) is 14.6. The first-order valence-electron chi connectivity index (χ1n) is 20.0. The summed E-state index contributed by atoms with van der Waals surface area (Å²) < 4.78 is 34.4. The number of amides is 3. The van der Waals surface area contributed by atoms with Crippen molar-refractivity contribution in [2.24, 2.45) is 0 Å². The second kappa shape index (κ2) is 15.8. The SMILES string of the molecule is C[C@H](NP(=O)(O)[C@H](F)c1ccc2sc(C(=O)N[C@H]3CC[C@H](N(C)C[C@H]4CCO4)C[C@H]4CC[C@@H](C(=O)N5C[C@H](c6ccccc6)CC56CC6)N4C3=O)cc2c1)C(=O)O. The molecule has 5 aliphatic rings. The summed E-state index contributed by atoms with van der Waals surface area (Å²) in [6, 6.07) is 13.2. The Morgan fingerprint density at radius 1 is 1.09 bits per heavy atom. The molecule has 306 valence electrons. The van der Waals surface area contributed by atoms with E-state index in [-0.39, 0.29) is 51.9 Å². The summed E-state index contributed by atoms with van der Waals surface area (Å²) in [6.07, 6.45) is 7.07. The first-order chi connectivity index (χ1) is 27.2. The van der Waals surface area contributed by atoms with Crippen molar-refractivity contribution in [3.05, 3.63) is 70.6 Å². The summed E-state index contributed by atoms with van der Waals surface area (Å²) in [7, 11) is -2.68. The van der Waals surface area contributed by atoms with E-state index in [2.05, 4.69) is 34.3 Å². The van der Waals surface area contributed by atoms with Crippen LogP contribution in [0, 0.1) is 0 Å².